The van der Waals surface area contributed by atoms with Crippen LogP contribution in [0, 0.1) is 6.92 Å². The molecule has 1 atom stereocenters. The molecule has 0 amide bonds. The van der Waals surface area contributed by atoms with Gasteiger partial charge in [0.2, 0.25) is 0 Å². The molecule has 1 aromatic carbocycles. The minimum absolute atomic E-state index is 0.303. The van der Waals surface area contributed by atoms with Gasteiger partial charge in [0.25, 0.3) is 0 Å². The van der Waals surface area contributed by atoms with Gasteiger partial charge in [0, 0.05) is 16.8 Å². The molecule has 0 aliphatic carbocycles. The van der Waals surface area contributed by atoms with Crippen LogP contribution >= 0.6 is 11.6 Å². The zero-order valence-corrected chi connectivity index (χ0v) is 10.3. The predicted molar refractivity (Wildman–Crippen MR) is 70.9 cm³/mol. The van der Waals surface area contributed by atoms with Crippen LogP contribution in [0.1, 0.15) is 22.7 Å². The van der Waals surface area contributed by atoms with E-state index in [0.29, 0.717) is 10.8 Å². The quantitative estimate of drug-likeness (QED) is 0.858. The predicted octanol–water partition coefficient (Wildman–Crippen LogP) is 2.67. The third kappa shape index (κ3) is 2.40. The van der Waals surface area contributed by atoms with Crippen LogP contribution in [0.15, 0.2) is 36.5 Å². The number of anilines is 1. The first-order chi connectivity index (χ1) is 8.09. The normalized spacial score (nSPS) is 12.4. The molecular weight excluding hydrogens is 234 g/mol. The van der Waals surface area contributed by atoms with Crippen LogP contribution in [0.3, 0.4) is 0 Å². The third-order valence-corrected chi connectivity index (χ3v) is 2.99. The van der Waals surface area contributed by atoms with E-state index in [1.165, 1.54) is 0 Å². The molecule has 1 aromatic heterocycles. The molecule has 0 spiro atoms. The van der Waals surface area contributed by atoms with Gasteiger partial charge in [-0.1, -0.05) is 23.7 Å². The Bertz CT molecular complexity index is 520. The maximum absolute atomic E-state index is 6.21. The molecule has 0 aliphatic rings. The summed E-state index contributed by atoms with van der Waals surface area (Å²) >= 11 is 5.95. The molecule has 17 heavy (non-hydrogen) atoms. The fourth-order valence-electron chi connectivity index (χ4n) is 1.86. The van der Waals surface area contributed by atoms with E-state index in [0.717, 1.165) is 16.7 Å². The zero-order chi connectivity index (χ0) is 12.4. The van der Waals surface area contributed by atoms with Gasteiger partial charge in [0.05, 0.1) is 6.04 Å². The summed E-state index contributed by atoms with van der Waals surface area (Å²) < 4.78 is 0. The molecule has 4 N–H and O–H groups in total. The SMILES string of the molecule is Cc1ccnc(N)c1C(N)c1cccc(Cl)c1. The summed E-state index contributed by atoms with van der Waals surface area (Å²) in [6.45, 7) is 1.97. The van der Waals surface area contributed by atoms with E-state index >= 15 is 0 Å². The number of hydrogen-bond acceptors (Lipinski definition) is 3. The lowest BCUT2D eigenvalue weighted by atomic mass is 9.96. The summed E-state index contributed by atoms with van der Waals surface area (Å²) in [5.74, 6) is 0.470. The Hall–Kier alpha value is -1.58. The molecule has 88 valence electrons. The number of aromatic nitrogens is 1. The molecular formula is C13H14ClN3. The van der Waals surface area contributed by atoms with Crippen molar-refractivity contribution in [2.45, 2.75) is 13.0 Å². The summed E-state index contributed by atoms with van der Waals surface area (Å²) in [4.78, 5) is 4.07. The molecule has 2 aromatic rings. The van der Waals surface area contributed by atoms with Gasteiger partial charge in [-0.05, 0) is 36.2 Å². The van der Waals surface area contributed by atoms with Crippen molar-refractivity contribution in [1.29, 1.82) is 0 Å². The molecule has 0 aliphatic heterocycles. The van der Waals surface area contributed by atoms with Crippen LogP contribution in [-0.2, 0) is 0 Å². The van der Waals surface area contributed by atoms with Crippen LogP contribution < -0.4 is 11.5 Å². The zero-order valence-electron chi connectivity index (χ0n) is 9.52. The van der Waals surface area contributed by atoms with E-state index in [1.807, 2.05) is 37.3 Å². The molecule has 0 radical (unpaired) electrons. The fraction of sp³-hybridized carbons (Fsp3) is 0.154. The van der Waals surface area contributed by atoms with Gasteiger partial charge in [-0.25, -0.2) is 4.98 Å². The van der Waals surface area contributed by atoms with Crippen molar-refractivity contribution in [1.82, 2.24) is 4.98 Å². The molecule has 0 saturated heterocycles. The largest absolute Gasteiger partial charge is 0.383 e. The molecule has 2 rings (SSSR count). The van der Waals surface area contributed by atoms with E-state index < -0.39 is 0 Å². The number of halogens is 1. The van der Waals surface area contributed by atoms with Gasteiger partial charge in [-0.3, -0.25) is 0 Å². The molecule has 3 nitrogen and oxygen atoms in total. The highest BCUT2D eigenvalue weighted by Gasteiger charge is 2.15. The number of benzene rings is 1. The second kappa shape index (κ2) is 4.73. The summed E-state index contributed by atoms with van der Waals surface area (Å²) in [5, 5.41) is 0.665. The average Bonchev–Trinajstić information content (AvgIpc) is 2.28. The van der Waals surface area contributed by atoms with Gasteiger partial charge < -0.3 is 11.5 Å². The molecule has 0 fully saturated rings. The highest BCUT2D eigenvalue weighted by atomic mass is 35.5. The minimum atomic E-state index is -0.303. The van der Waals surface area contributed by atoms with Crippen LogP contribution in [0.2, 0.25) is 5.02 Å². The highest BCUT2D eigenvalue weighted by molar-refractivity contribution is 6.30. The molecule has 0 bridgehead atoms. The Kier molecular flexibility index (Phi) is 3.31. The number of pyridine rings is 1. The third-order valence-electron chi connectivity index (χ3n) is 2.76. The second-order valence-corrected chi connectivity index (χ2v) is 4.40. The first-order valence-electron chi connectivity index (χ1n) is 5.31. The second-order valence-electron chi connectivity index (χ2n) is 3.96. The van der Waals surface area contributed by atoms with Crippen molar-refractivity contribution < 1.29 is 0 Å². The summed E-state index contributed by atoms with van der Waals surface area (Å²) in [6, 6.07) is 9.07. The number of aryl methyl sites for hydroxylation is 1. The van der Waals surface area contributed by atoms with Crippen LogP contribution in [0.4, 0.5) is 5.82 Å². The summed E-state index contributed by atoms with van der Waals surface area (Å²) in [7, 11) is 0. The molecule has 1 heterocycles. The Balaban J connectivity index is 2.47. The smallest absolute Gasteiger partial charge is 0.128 e. The van der Waals surface area contributed by atoms with E-state index in [9.17, 15) is 0 Å². The van der Waals surface area contributed by atoms with Crippen LogP contribution in [0.25, 0.3) is 0 Å². The lowest BCUT2D eigenvalue weighted by Gasteiger charge is -2.16. The van der Waals surface area contributed by atoms with Crippen molar-refractivity contribution >= 4 is 17.4 Å². The standard InChI is InChI=1S/C13H14ClN3/c1-8-5-6-17-13(16)11(8)12(15)9-3-2-4-10(14)7-9/h2-7,12H,15H2,1H3,(H2,16,17). The maximum atomic E-state index is 6.21. The van der Waals surface area contributed by atoms with E-state index in [4.69, 9.17) is 23.1 Å². The molecule has 1 unspecified atom stereocenters. The van der Waals surface area contributed by atoms with Crippen molar-refractivity contribution in [2.75, 3.05) is 5.73 Å². The first-order valence-corrected chi connectivity index (χ1v) is 5.69. The number of hydrogen-bond donors (Lipinski definition) is 2. The number of nitrogens with two attached hydrogens (primary N) is 2. The first kappa shape index (κ1) is 11.9. The average molecular weight is 248 g/mol. The van der Waals surface area contributed by atoms with Crippen molar-refractivity contribution in [2.24, 2.45) is 5.73 Å². The Labute approximate surface area is 105 Å². The highest BCUT2D eigenvalue weighted by Crippen LogP contribution is 2.27. The van der Waals surface area contributed by atoms with Crippen LogP contribution in [-0.4, -0.2) is 4.98 Å². The topological polar surface area (TPSA) is 64.9 Å². The van der Waals surface area contributed by atoms with E-state index in [2.05, 4.69) is 4.98 Å². The van der Waals surface area contributed by atoms with Gasteiger partial charge >= 0.3 is 0 Å². The van der Waals surface area contributed by atoms with Crippen molar-refractivity contribution in [3.8, 4) is 0 Å². The van der Waals surface area contributed by atoms with Crippen molar-refractivity contribution in [3.05, 3.63) is 58.2 Å². The van der Waals surface area contributed by atoms with Crippen LogP contribution in [0.5, 0.6) is 0 Å². The molecule has 0 saturated carbocycles. The molecule has 4 heteroatoms. The lowest BCUT2D eigenvalue weighted by Crippen LogP contribution is -2.16. The van der Waals surface area contributed by atoms with Gasteiger partial charge in [-0.15, -0.1) is 0 Å². The number of nitrogens with zero attached hydrogens (tertiary/aromatic N) is 1. The summed E-state index contributed by atoms with van der Waals surface area (Å²) in [5.41, 5.74) is 14.9. The number of nitrogen functional groups attached to an aromatic ring is 1. The lowest BCUT2D eigenvalue weighted by molar-refractivity contribution is 0.857. The Morgan fingerprint density at radius 2 is 2.06 bits per heavy atom. The van der Waals surface area contributed by atoms with Crippen molar-refractivity contribution in [3.63, 3.8) is 0 Å². The monoisotopic (exact) mass is 247 g/mol. The summed E-state index contributed by atoms with van der Waals surface area (Å²) in [6.07, 6.45) is 1.68. The van der Waals surface area contributed by atoms with E-state index in [-0.39, 0.29) is 6.04 Å². The fourth-order valence-corrected chi connectivity index (χ4v) is 2.06. The minimum Gasteiger partial charge on any atom is -0.383 e. The Morgan fingerprint density at radius 3 is 2.71 bits per heavy atom. The van der Waals surface area contributed by atoms with E-state index in [1.54, 1.807) is 6.20 Å². The Morgan fingerprint density at radius 1 is 1.29 bits per heavy atom. The maximum Gasteiger partial charge on any atom is 0.128 e. The van der Waals surface area contributed by atoms with Gasteiger partial charge in [0.1, 0.15) is 5.82 Å². The van der Waals surface area contributed by atoms with Gasteiger partial charge in [0.15, 0.2) is 0 Å². The van der Waals surface area contributed by atoms with Gasteiger partial charge in [-0.2, -0.15) is 0 Å². The number of rotatable bonds is 2.